The summed E-state index contributed by atoms with van der Waals surface area (Å²) < 4.78 is 4.89. The van der Waals surface area contributed by atoms with Crippen molar-refractivity contribution in [2.24, 2.45) is 0 Å². The monoisotopic (exact) mass is 784 g/mol. The minimum Gasteiger partial charge on any atom is -0.309 e. The van der Waals surface area contributed by atoms with Crippen molar-refractivity contribution in [3.05, 3.63) is 218 Å². The van der Waals surface area contributed by atoms with E-state index in [9.17, 15) is 0 Å². The summed E-state index contributed by atoms with van der Waals surface area (Å²) in [6.45, 7) is 0. The Morgan fingerprint density at radius 2 is 0.855 bits per heavy atom. The summed E-state index contributed by atoms with van der Waals surface area (Å²) in [6, 6.07) is 81.0. The van der Waals surface area contributed by atoms with Crippen molar-refractivity contribution in [3.63, 3.8) is 0 Å². The van der Waals surface area contributed by atoms with Crippen LogP contribution in [0.3, 0.4) is 0 Å². The molecule has 286 valence electrons. The van der Waals surface area contributed by atoms with Crippen LogP contribution in [-0.2, 0) is 0 Å². The summed E-state index contributed by atoms with van der Waals surface area (Å²) >= 11 is 0. The molecule has 2 heterocycles. The van der Waals surface area contributed by atoms with E-state index >= 15 is 0 Å². The minimum atomic E-state index is 1.16. The summed E-state index contributed by atoms with van der Waals surface area (Å²) in [4.78, 5) is 0. The van der Waals surface area contributed by atoms with Crippen LogP contribution < -0.4 is 0 Å². The van der Waals surface area contributed by atoms with Gasteiger partial charge in [0.1, 0.15) is 0 Å². The first-order chi connectivity index (χ1) is 30.7. The molecule has 0 unspecified atom stereocenters. The van der Waals surface area contributed by atoms with Crippen LogP contribution in [-0.4, -0.2) is 9.13 Å². The highest BCUT2D eigenvalue weighted by molar-refractivity contribution is 6.20. The zero-order chi connectivity index (χ0) is 40.5. The quantitative estimate of drug-likeness (QED) is 0.168. The molecular formula is C60H36N2. The lowest BCUT2D eigenvalue weighted by atomic mass is 9.93. The Morgan fingerprint density at radius 1 is 0.242 bits per heavy atom. The summed E-state index contributed by atoms with van der Waals surface area (Å²) in [6.07, 6.45) is 0. The first kappa shape index (κ1) is 33.6. The van der Waals surface area contributed by atoms with Crippen LogP contribution in [0.2, 0.25) is 0 Å². The van der Waals surface area contributed by atoms with E-state index in [2.05, 4.69) is 228 Å². The van der Waals surface area contributed by atoms with E-state index in [4.69, 9.17) is 0 Å². The van der Waals surface area contributed by atoms with Gasteiger partial charge in [0, 0.05) is 38.3 Å². The van der Waals surface area contributed by atoms with E-state index in [0.717, 1.165) is 5.69 Å². The molecule has 13 aromatic rings. The van der Waals surface area contributed by atoms with Gasteiger partial charge < -0.3 is 9.13 Å². The topological polar surface area (TPSA) is 9.86 Å². The molecule has 0 bridgehead atoms. The van der Waals surface area contributed by atoms with Crippen molar-refractivity contribution in [2.45, 2.75) is 0 Å². The fraction of sp³-hybridized carbons (Fsp3) is 0. The summed E-state index contributed by atoms with van der Waals surface area (Å²) in [7, 11) is 0. The Labute approximate surface area is 357 Å². The van der Waals surface area contributed by atoms with E-state index in [1.165, 1.54) is 126 Å². The van der Waals surface area contributed by atoms with E-state index in [1.54, 1.807) is 0 Å². The number of rotatable bonds is 4. The lowest BCUT2D eigenvalue weighted by molar-refractivity contribution is 1.18. The molecule has 62 heavy (non-hydrogen) atoms. The second-order valence-electron chi connectivity index (χ2n) is 16.9. The van der Waals surface area contributed by atoms with Crippen LogP contribution in [0.25, 0.3) is 132 Å². The molecule has 0 spiro atoms. The zero-order valence-corrected chi connectivity index (χ0v) is 33.7. The van der Waals surface area contributed by atoms with Crippen molar-refractivity contribution in [2.75, 3.05) is 0 Å². The third-order valence-corrected chi connectivity index (χ3v) is 13.6. The highest BCUT2D eigenvalue weighted by Crippen LogP contribution is 2.49. The van der Waals surface area contributed by atoms with Crippen LogP contribution in [0.1, 0.15) is 0 Å². The molecule has 14 rings (SSSR count). The molecule has 0 atom stereocenters. The second-order valence-corrected chi connectivity index (χ2v) is 16.9. The number of aromatic nitrogens is 2. The predicted molar refractivity (Wildman–Crippen MR) is 263 cm³/mol. The SMILES string of the molecule is c1ccc(-n2c3cc(-c4ccc5c(c4)c4ccccc4n5-c4ccc5cc(-c6ccc7c8c(cccc68)-c6ccccc6-7)ccc5c4)ccc3c3ccc4ccccc4c32)cc1. The molecule has 0 amide bonds. The Bertz CT molecular complexity index is 4000. The van der Waals surface area contributed by atoms with E-state index < -0.39 is 0 Å². The van der Waals surface area contributed by atoms with Gasteiger partial charge in [-0.05, 0) is 126 Å². The molecule has 0 aliphatic heterocycles. The van der Waals surface area contributed by atoms with Gasteiger partial charge in [-0.25, -0.2) is 0 Å². The van der Waals surface area contributed by atoms with Crippen molar-refractivity contribution in [1.82, 2.24) is 9.13 Å². The van der Waals surface area contributed by atoms with E-state index in [1.807, 2.05) is 0 Å². The predicted octanol–water partition coefficient (Wildman–Crippen LogP) is 16.3. The van der Waals surface area contributed by atoms with Crippen LogP contribution in [0, 0.1) is 0 Å². The molecule has 0 radical (unpaired) electrons. The standard InChI is InChI=1S/C60H36N2/c1-2-12-43(13-3-1)62-58-36-41(25-28-50(58)54-29-24-37-11-4-5-14-46(37)60(54)62)40-26-32-57-55(35-40)49-17-8-9-20-56(49)61(57)44-27-23-38-33-42(22-21-39(38)34-44)45-30-31-53-48-16-7-6-15-47(48)52-19-10-18-51(45)59(52)53/h1-36H. The molecule has 0 saturated carbocycles. The van der Waals surface area contributed by atoms with Crippen molar-refractivity contribution >= 4 is 75.9 Å². The van der Waals surface area contributed by atoms with Crippen LogP contribution >= 0.6 is 0 Å². The second kappa shape index (κ2) is 12.7. The largest absolute Gasteiger partial charge is 0.309 e. The smallest absolute Gasteiger partial charge is 0.0619 e. The van der Waals surface area contributed by atoms with Crippen LogP contribution in [0.4, 0.5) is 0 Å². The van der Waals surface area contributed by atoms with Gasteiger partial charge >= 0.3 is 0 Å². The van der Waals surface area contributed by atoms with Gasteiger partial charge in [-0.3, -0.25) is 0 Å². The Hall–Kier alpha value is -8.20. The van der Waals surface area contributed by atoms with Crippen LogP contribution in [0.15, 0.2) is 218 Å². The molecule has 0 fully saturated rings. The van der Waals surface area contributed by atoms with Gasteiger partial charge in [0.15, 0.2) is 0 Å². The van der Waals surface area contributed by atoms with Gasteiger partial charge in [-0.15, -0.1) is 0 Å². The molecule has 2 nitrogen and oxygen atoms in total. The molecular weight excluding hydrogens is 749 g/mol. The number of hydrogen-bond acceptors (Lipinski definition) is 0. The molecule has 2 heteroatoms. The third kappa shape index (κ3) is 4.69. The van der Waals surface area contributed by atoms with Gasteiger partial charge in [0.05, 0.1) is 22.1 Å². The van der Waals surface area contributed by atoms with Gasteiger partial charge in [0.2, 0.25) is 0 Å². The average molecular weight is 785 g/mol. The molecule has 1 aliphatic carbocycles. The number of hydrogen-bond donors (Lipinski definition) is 0. The molecule has 0 N–H and O–H groups in total. The number of nitrogens with zero attached hydrogens (tertiary/aromatic N) is 2. The van der Waals surface area contributed by atoms with Gasteiger partial charge in [0.25, 0.3) is 0 Å². The summed E-state index contributed by atoms with van der Waals surface area (Å²) in [5.41, 5.74) is 17.4. The highest BCUT2D eigenvalue weighted by Gasteiger charge is 2.23. The van der Waals surface area contributed by atoms with E-state index in [-0.39, 0.29) is 0 Å². The van der Waals surface area contributed by atoms with Crippen molar-refractivity contribution < 1.29 is 0 Å². The van der Waals surface area contributed by atoms with E-state index in [0.29, 0.717) is 0 Å². The van der Waals surface area contributed by atoms with Crippen LogP contribution in [0.5, 0.6) is 0 Å². The van der Waals surface area contributed by atoms with Crippen molar-refractivity contribution in [3.8, 4) is 55.9 Å². The number of para-hydroxylation sites is 2. The normalized spacial score (nSPS) is 12.2. The fourth-order valence-electron chi connectivity index (χ4n) is 10.8. The lowest BCUT2D eigenvalue weighted by Gasteiger charge is -2.13. The lowest BCUT2D eigenvalue weighted by Crippen LogP contribution is -1.94. The summed E-state index contributed by atoms with van der Waals surface area (Å²) in [5.74, 6) is 0. The van der Waals surface area contributed by atoms with Crippen molar-refractivity contribution in [1.29, 1.82) is 0 Å². The Kier molecular flexibility index (Phi) is 6.86. The van der Waals surface area contributed by atoms with Gasteiger partial charge in [-0.1, -0.05) is 164 Å². The highest BCUT2D eigenvalue weighted by atomic mass is 15.0. The molecule has 1 aliphatic rings. The Balaban J connectivity index is 0.890. The Morgan fingerprint density at radius 3 is 1.76 bits per heavy atom. The van der Waals surface area contributed by atoms with Gasteiger partial charge in [-0.2, -0.15) is 0 Å². The average Bonchev–Trinajstić information content (AvgIpc) is 3.98. The third-order valence-electron chi connectivity index (χ3n) is 13.6. The molecule has 0 saturated heterocycles. The fourth-order valence-corrected chi connectivity index (χ4v) is 10.8. The number of benzene rings is 11. The first-order valence-electron chi connectivity index (χ1n) is 21.5. The first-order valence-corrected chi connectivity index (χ1v) is 21.5. The summed E-state index contributed by atoms with van der Waals surface area (Å²) in [5, 5.41) is 12.7. The minimum absolute atomic E-state index is 1.16. The molecule has 11 aromatic carbocycles. The number of fused-ring (bicyclic) bond motifs is 12. The maximum Gasteiger partial charge on any atom is 0.0619 e. The maximum absolute atomic E-state index is 2.45. The zero-order valence-electron chi connectivity index (χ0n) is 33.7. The molecule has 2 aromatic heterocycles. The maximum atomic E-state index is 2.45.